The fraction of sp³-hybridized carbons (Fsp3) is 0.182. The second kappa shape index (κ2) is 3.89. The number of imidazole rings is 1. The minimum Gasteiger partial charge on any atom is -0.363 e. The highest BCUT2D eigenvalue weighted by atomic mass is 15.2. The zero-order valence-electron chi connectivity index (χ0n) is 9.41. The van der Waals surface area contributed by atoms with Gasteiger partial charge in [0.25, 0.3) is 0 Å². The minimum atomic E-state index is 0.688. The first kappa shape index (κ1) is 9.83. The van der Waals surface area contributed by atoms with E-state index in [4.69, 9.17) is 0 Å². The van der Waals surface area contributed by atoms with Gasteiger partial charge in [-0.3, -0.25) is 4.68 Å². The number of hydrogen-bond donors (Lipinski definition) is 1. The lowest BCUT2D eigenvalue weighted by molar-refractivity contribution is 0.767. The van der Waals surface area contributed by atoms with E-state index < -0.39 is 0 Å². The third kappa shape index (κ3) is 1.84. The molecule has 1 N–H and O–H groups in total. The maximum atomic E-state index is 4.28. The summed E-state index contributed by atoms with van der Waals surface area (Å²) in [6, 6.07) is 0. The molecule has 3 aromatic heterocycles. The fourth-order valence-electron chi connectivity index (χ4n) is 1.73. The number of aromatic nitrogens is 5. The molecule has 0 bridgehead atoms. The predicted molar refractivity (Wildman–Crippen MR) is 63.5 cm³/mol. The maximum Gasteiger partial charge on any atom is 0.180 e. The summed E-state index contributed by atoms with van der Waals surface area (Å²) in [6.45, 7) is 0.688. The molecule has 0 fully saturated rings. The van der Waals surface area contributed by atoms with Crippen LogP contribution in [-0.2, 0) is 13.6 Å². The van der Waals surface area contributed by atoms with Gasteiger partial charge in [-0.2, -0.15) is 5.10 Å². The third-order valence-corrected chi connectivity index (χ3v) is 2.53. The van der Waals surface area contributed by atoms with Crippen molar-refractivity contribution in [1.29, 1.82) is 0 Å². The van der Waals surface area contributed by atoms with Crippen molar-refractivity contribution in [2.75, 3.05) is 5.32 Å². The summed E-state index contributed by atoms with van der Waals surface area (Å²) in [7, 11) is 1.90. The number of nitrogens with zero attached hydrogens (tertiary/aromatic N) is 5. The SMILES string of the molecule is Cn1cc(CNc2nccn3ccnc23)cn1. The van der Waals surface area contributed by atoms with E-state index in [2.05, 4.69) is 20.4 Å². The van der Waals surface area contributed by atoms with Crippen molar-refractivity contribution in [2.24, 2.45) is 7.05 Å². The first-order chi connectivity index (χ1) is 8.33. The highest BCUT2D eigenvalue weighted by Gasteiger charge is 2.03. The second-order valence-corrected chi connectivity index (χ2v) is 3.81. The summed E-state index contributed by atoms with van der Waals surface area (Å²) >= 11 is 0. The zero-order valence-corrected chi connectivity index (χ0v) is 9.41. The number of anilines is 1. The van der Waals surface area contributed by atoms with E-state index >= 15 is 0 Å². The molecule has 6 nitrogen and oxygen atoms in total. The van der Waals surface area contributed by atoms with E-state index in [-0.39, 0.29) is 0 Å². The van der Waals surface area contributed by atoms with E-state index in [0.717, 1.165) is 17.0 Å². The Bertz CT molecular complexity index is 638. The highest BCUT2D eigenvalue weighted by molar-refractivity contribution is 5.62. The normalized spacial score (nSPS) is 10.9. The van der Waals surface area contributed by atoms with E-state index in [9.17, 15) is 0 Å². The Labute approximate surface area is 97.9 Å². The van der Waals surface area contributed by atoms with E-state index in [1.807, 2.05) is 36.2 Å². The van der Waals surface area contributed by atoms with Crippen molar-refractivity contribution in [3.8, 4) is 0 Å². The van der Waals surface area contributed by atoms with Gasteiger partial charge in [-0.25, -0.2) is 9.97 Å². The first-order valence-corrected chi connectivity index (χ1v) is 5.32. The Morgan fingerprint density at radius 1 is 1.24 bits per heavy atom. The van der Waals surface area contributed by atoms with Crippen LogP contribution in [0.4, 0.5) is 5.82 Å². The van der Waals surface area contributed by atoms with Crippen molar-refractivity contribution in [3.05, 3.63) is 42.7 Å². The maximum absolute atomic E-state index is 4.28. The van der Waals surface area contributed by atoms with Crippen LogP contribution in [0.5, 0.6) is 0 Å². The van der Waals surface area contributed by atoms with Crippen LogP contribution in [0.2, 0.25) is 0 Å². The highest BCUT2D eigenvalue weighted by Crippen LogP contribution is 2.11. The lowest BCUT2D eigenvalue weighted by Crippen LogP contribution is -2.02. The molecule has 0 spiro atoms. The van der Waals surface area contributed by atoms with E-state index in [0.29, 0.717) is 6.54 Å². The van der Waals surface area contributed by atoms with Gasteiger partial charge in [-0.1, -0.05) is 0 Å². The molecule has 0 unspecified atom stereocenters. The summed E-state index contributed by atoms with van der Waals surface area (Å²) in [5.74, 6) is 0.779. The molecule has 3 aromatic rings. The van der Waals surface area contributed by atoms with Gasteiger partial charge in [0.1, 0.15) is 0 Å². The zero-order chi connectivity index (χ0) is 11.7. The Hall–Kier alpha value is -2.37. The molecule has 3 rings (SSSR count). The third-order valence-electron chi connectivity index (χ3n) is 2.53. The number of nitrogens with one attached hydrogen (secondary N) is 1. The van der Waals surface area contributed by atoms with Crippen LogP contribution in [0.1, 0.15) is 5.56 Å². The van der Waals surface area contributed by atoms with Gasteiger partial charge >= 0.3 is 0 Å². The molecule has 0 atom stereocenters. The van der Waals surface area contributed by atoms with Crippen molar-refractivity contribution >= 4 is 11.5 Å². The lowest BCUT2D eigenvalue weighted by atomic mass is 10.3. The van der Waals surface area contributed by atoms with E-state index in [1.165, 1.54) is 0 Å². The summed E-state index contributed by atoms with van der Waals surface area (Å²) in [5, 5.41) is 7.37. The van der Waals surface area contributed by atoms with Crippen LogP contribution in [0.15, 0.2) is 37.2 Å². The van der Waals surface area contributed by atoms with Gasteiger partial charge in [-0.05, 0) is 0 Å². The van der Waals surface area contributed by atoms with Crippen molar-refractivity contribution in [3.63, 3.8) is 0 Å². The van der Waals surface area contributed by atoms with Gasteiger partial charge < -0.3 is 9.72 Å². The van der Waals surface area contributed by atoms with Gasteiger partial charge in [0, 0.05) is 50.1 Å². The topological polar surface area (TPSA) is 60.0 Å². The lowest BCUT2D eigenvalue weighted by Gasteiger charge is -2.04. The molecule has 0 aromatic carbocycles. The molecule has 0 aliphatic heterocycles. The van der Waals surface area contributed by atoms with Crippen LogP contribution < -0.4 is 5.32 Å². The molecule has 0 aliphatic rings. The smallest absolute Gasteiger partial charge is 0.180 e. The average Bonchev–Trinajstić information content (AvgIpc) is 2.94. The summed E-state index contributed by atoms with van der Waals surface area (Å²) in [6.07, 6.45) is 11.1. The van der Waals surface area contributed by atoms with Gasteiger partial charge in [-0.15, -0.1) is 0 Å². The Kier molecular flexibility index (Phi) is 2.25. The van der Waals surface area contributed by atoms with Crippen LogP contribution in [0, 0.1) is 0 Å². The molecule has 17 heavy (non-hydrogen) atoms. The van der Waals surface area contributed by atoms with E-state index in [1.54, 1.807) is 17.1 Å². The van der Waals surface area contributed by atoms with Crippen molar-refractivity contribution in [2.45, 2.75) is 6.54 Å². The summed E-state index contributed by atoms with van der Waals surface area (Å²) < 4.78 is 3.71. The Balaban J connectivity index is 1.83. The fourth-order valence-corrected chi connectivity index (χ4v) is 1.73. The molecule has 0 saturated heterocycles. The van der Waals surface area contributed by atoms with Crippen LogP contribution in [0.3, 0.4) is 0 Å². The molecule has 6 heteroatoms. The van der Waals surface area contributed by atoms with Crippen LogP contribution in [-0.4, -0.2) is 24.1 Å². The first-order valence-electron chi connectivity index (χ1n) is 5.32. The van der Waals surface area contributed by atoms with Gasteiger partial charge in [0.05, 0.1) is 6.20 Å². The monoisotopic (exact) mass is 228 g/mol. The molecular weight excluding hydrogens is 216 g/mol. The Morgan fingerprint density at radius 2 is 2.06 bits per heavy atom. The van der Waals surface area contributed by atoms with Gasteiger partial charge in [0.15, 0.2) is 11.5 Å². The molecule has 0 saturated carbocycles. The molecule has 3 heterocycles. The number of rotatable bonds is 3. The number of fused-ring (bicyclic) bond motifs is 1. The van der Waals surface area contributed by atoms with Crippen molar-refractivity contribution < 1.29 is 0 Å². The second-order valence-electron chi connectivity index (χ2n) is 3.81. The summed E-state index contributed by atoms with van der Waals surface area (Å²) in [4.78, 5) is 8.53. The minimum absolute atomic E-state index is 0.688. The number of aryl methyl sites for hydroxylation is 1. The molecule has 0 amide bonds. The molecular formula is C11H12N6. The molecule has 86 valence electrons. The Morgan fingerprint density at radius 3 is 2.82 bits per heavy atom. The van der Waals surface area contributed by atoms with Crippen LogP contribution >= 0.6 is 0 Å². The van der Waals surface area contributed by atoms with Crippen LogP contribution in [0.25, 0.3) is 5.65 Å². The predicted octanol–water partition coefficient (Wildman–Crippen LogP) is 1.07. The molecule has 0 aliphatic carbocycles. The molecule has 0 radical (unpaired) electrons. The number of hydrogen-bond acceptors (Lipinski definition) is 4. The standard InChI is InChI=1S/C11H12N6/c1-16-8-9(7-15-16)6-14-10-11-13-3-5-17(11)4-2-12-10/h2-5,7-8H,6H2,1H3,(H,12,14). The average molecular weight is 228 g/mol. The summed E-state index contributed by atoms with van der Waals surface area (Å²) in [5.41, 5.74) is 1.94. The quantitative estimate of drug-likeness (QED) is 0.728. The van der Waals surface area contributed by atoms with Gasteiger partial charge in [0.2, 0.25) is 0 Å². The van der Waals surface area contributed by atoms with Crippen molar-refractivity contribution in [1.82, 2.24) is 24.1 Å². The largest absolute Gasteiger partial charge is 0.363 e.